The molecule has 0 N–H and O–H groups in total. The summed E-state index contributed by atoms with van der Waals surface area (Å²) in [4.78, 5) is 16.0. The van der Waals surface area contributed by atoms with Gasteiger partial charge in [-0.2, -0.15) is 0 Å². The Hall–Kier alpha value is -2.86. The van der Waals surface area contributed by atoms with Crippen LogP contribution in [0.15, 0.2) is 71.5 Å². The minimum atomic E-state index is -0.437. The molecule has 1 heterocycles. The predicted molar refractivity (Wildman–Crippen MR) is 112 cm³/mol. The van der Waals surface area contributed by atoms with Crippen LogP contribution >= 0.6 is 15.9 Å². The zero-order valence-corrected chi connectivity index (χ0v) is 16.9. The molecular weight excluding hydrogens is 420 g/mol. The Bertz CT molecular complexity index is 1140. The number of nitrogens with zero attached hydrogens (tertiary/aromatic N) is 2. The Kier molecular flexibility index (Phi) is 5.30. The lowest BCUT2D eigenvalue weighted by Gasteiger charge is -2.19. The summed E-state index contributed by atoms with van der Waals surface area (Å²) >= 11 is 3.63. The van der Waals surface area contributed by atoms with Gasteiger partial charge in [-0.3, -0.25) is 4.79 Å². The fourth-order valence-electron chi connectivity index (χ4n) is 3.24. The van der Waals surface area contributed by atoms with Crippen LogP contribution in [0.2, 0.25) is 0 Å². The number of rotatable bonds is 6. The van der Waals surface area contributed by atoms with Gasteiger partial charge in [0.05, 0.1) is 28.4 Å². The lowest BCUT2D eigenvalue weighted by Crippen LogP contribution is -2.28. The number of ether oxygens (including phenoxy) is 2. The number of hydrogen-bond acceptors (Lipinski definition) is 4. The first-order valence-corrected chi connectivity index (χ1v) is 9.78. The van der Waals surface area contributed by atoms with Gasteiger partial charge in [0.2, 0.25) is 0 Å². The average molecular weight is 439 g/mol. The van der Waals surface area contributed by atoms with Crippen LogP contribution in [0.5, 0.6) is 5.75 Å². The van der Waals surface area contributed by atoms with Crippen molar-refractivity contribution >= 4 is 43.7 Å². The molecule has 0 aliphatic rings. The number of carbonyl (C=O) groups excluding carboxylic acids is 1. The van der Waals surface area contributed by atoms with E-state index in [4.69, 9.17) is 9.47 Å². The van der Waals surface area contributed by atoms with Crippen molar-refractivity contribution in [3.05, 3.63) is 71.5 Å². The second-order valence-corrected chi connectivity index (χ2v) is 7.32. The molecule has 5 nitrogen and oxygen atoms in total. The maximum absolute atomic E-state index is 11.6. The molecule has 0 saturated heterocycles. The van der Waals surface area contributed by atoms with Crippen LogP contribution in [0.4, 0.5) is 0 Å². The van der Waals surface area contributed by atoms with Gasteiger partial charge in [-0.25, -0.2) is 4.98 Å². The van der Waals surface area contributed by atoms with E-state index in [9.17, 15) is 4.79 Å². The molecule has 142 valence electrons. The van der Waals surface area contributed by atoms with Gasteiger partial charge in [-0.1, -0.05) is 42.5 Å². The van der Waals surface area contributed by atoms with Crippen molar-refractivity contribution in [1.29, 1.82) is 0 Å². The molecule has 0 saturated carbocycles. The fraction of sp³-hybridized carbons (Fsp3) is 0.182. The van der Waals surface area contributed by atoms with Gasteiger partial charge in [0.1, 0.15) is 12.4 Å². The number of esters is 1. The van der Waals surface area contributed by atoms with Crippen molar-refractivity contribution < 1.29 is 14.3 Å². The molecule has 28 heavy (non-hydrogen) atoms. The minimum Gasteiger partial charge on any atom is -0.488 e. The van der Waals surface area contributed by atoms with E-state index in [-0.39, 0.29) is 12.6 Å². The largest absolute Gasteiger partial charge is 0.488 e. The summed E-state index contributed by atoms with van der Waals surface area (Å²) in [7, 11) is 0. The zero-order chi connectivity index (χ0) is 19.5. The van der Waals surface area contributed by atoms with E-state index < -0.39 is 6.10 Å². The Morgan fingerprint density at radius 1 is 1.11 bits per heavy atom. The first kappa shape index (κ1) is 18.5. The average Bonchev–Trinajstić information content (AvgIpc) is 3.10. The smallest absolute Gasteiger partial charge is 0.303 e. The number of benzene rings is 3. The van der Waals surface area contributed by atoms with E-state index in [1.165, 1.54) is 6.92 Å². The molecule has 0 bridgehead atoms. The number of para-hydroxylation sites is 2. The molecule has 0 unspecified atom stereocenters. The molecule has 3 aromatic carbocycles. The van der Waals surface area contributed by atoms with E-state index >= 15 is 0 Å². The number of fused-ring (bicyclic) bond motifs is 2. The van der Waals surface area contributed by atoms with E-state index in [1.807, 2.05) is 59.2 Å². The number of aromatic nitrogens is 2. The van der Waals surface area contributed by atoms with Crippen molar-refractivity contribution in [1.82, 2.24) is 9.55 Å². The molecule has 4 rings (SSSR count). The number of carbonyl (C=O) groups is 1. The molecule has 0 aliphatic heterocycles. The van der Waals surface area contributed by atoms with Gasteiger partial charge in [0, 0.05) is 6.92 Å². The van der Waals surface area contributed by atoms with E-state index in [1.54, 1.807) is 6.33 Å². The third-order valence-corrected chi connectivity index (χ3v) is 5.33. The molecule has 0 aliphatic carbocycles. The van der Waals surface area contributed by atoms with Crippen LogP contribution < -0.4 is 4.74 Å². The second kappa shape index (κ2) is 8.02. The van der Waals surface area contributed by atoms with Gasteiger partial charge in [-0.05, 0) is 44.9 Å². The predicted octanol–water partition coefficient (Wildman–Crippen LogP) is 4.96. The Morgan fingerprint density at radius 3 is 2.75 bits per heavy atom. The Labute approximate surface area is 171 Å². The highest BCUT2D eigenvalue weighted by Gasteiger charge is 2.17. The van der Waals surface area contributed by atoms with Gasteiger partial charge < -0.3 is 14.0 Å². The van der Waals surface area contributed by atoms with Crippen LogP contribution in [0.3, 0.4) is 0 Å². The van der Waals surface area contributed by atoms with Crippen molar-refractivity contribution in [2.45, 2.75) is 19.6 Å². The standard InChI is InChI=1S/C22H19BrN2O3/c1-15(26)28-17(12-25-14-24-19-8-4-5-9-20(19)25)13-27-21-11-10-16-6-2-3-7-18(16)22(21)23/h2-11,14,17H,12-13H2,1H3/t17-/m1/s1. The first-order valence-electron chi connectivity index (χ1n) is 8.99. The third-order valence-electron chi connectivity index (χ3n) is 4.51. The number of hydrogen-bond donors (Lipinski definition) is 0. The SMILES string of the molecule is CC(=O)O[C@@H](COc1ccc2ccccc2c1Br)Cn1cnc2ccccc21. The highest BCUT2D eigenvalue weighted by atomic mass is 79.9. The van der Waals surface area contributed by atoms with Crippen LogP contribution in [0, 0.1) is 0 Å². The van der Waals surface area contributed by atoms with Crippen molar-refractivity contribution in [2.75, 3.05) is 6.61 Å². The summed E-state index contributed by atoms with van der Waals surface area (Å²) < 4.78 is 14.4. The summed E-state index contributed by atoms with van der Waals surface area (Å²) in [6, 6.07) is 19.9. The van der Waals surface area contributed by atoms with Gasteiger partial charge in [-0.15, -0.1) is 0 Å². The fourth-order valence-corrected chi connectivity index (χ4v) is 3.85. The van der Waals surface area contributed by atoms with Gasteiger partial charge in [0.15, 0.2) is 6.10 Å². The molecule has 0 radical (unpaired) electrons. The molecular formula is C22H19BrN2O3. The normalized spacial score (nSPS) is 12.2. The van der Waals surface area contributed by atoms with Gasteiger partial charge in [0.25, 0.3) is 0 Å². The topological polar surface area (TPSA) is 53.4 Å². The van der Waals surface area contributed by atoms with Crippen molar-refractivity contribution in [3.8, 4) is 5.75 Å². The van der Waals surface area contributed by atoms with E-state index in [0.29, 0.717) is 12.3 Å². The summed E-state index contributed by atoms with van der Waals surface area (Å²) in [5, 5.41) is 2.20. The summed E-state index contributed by atoms with van der Waals surface area (Å²) in [5.41, 5.74) is 1.90. The Balaban J connectivity index is 1.54. The van der Waals surface area contributed by atoms with Crippen molar-refractivity contribution in [3.63, 3.8) is 0 Å². The number of halogens is 1. The lowest BCUT2D eigenvalue weighted by atomic mass is 10.1. The quantitative estimate of drug-likeness (QED) is 0.399. The molecule has 4 aromatic rings. The molecule has 1 aromatic heterocycles. The highest BCUT2D eigenvalue weighted by Crippen LogP contribution is 2.33. The van der Waals surface area contributed by atoms with E-state index in [2.05, 4.69) is 27.0 Å². The maximum atomic E-state index is 11.6. The van der Waals surface area contributed by atoms with Crippen LogP contribution in [-0.2, 0) is 16.1 Å². The molecule has 0 fully saturated rings. The molecule has 0 amide bonds. The maximum Gasteiger partial charge on any atom is 0.303 e. The second-order valence-electron chi connectivity index (χ2n) is 6.53. The zero-order valence-electron chi connectivity index (χ0n) is 15.3. The lowest BCUT2D eigenvalue weighted by molar-refractivity contribution is -0.148. The van der Waals surface area contributed by atoms with Crippen LogP contribution in [0.1, 0.15) is 6.92 Å². The van der Waals surface area contributed by atoms with Crippen LogP contribution in [0.25, 0.3) is 21.8 Å². The molecule has 0 spiro atoms. The van der Waals surface area contributed by atoms with E-state index in [0.717, 1.165) is 26.3 Å². The summed E-state index contributed by atoms with van der Waals surface area (Å²) in [6.07, 6.45) is 1.32. The third kappa shape index (κ3) is 3.87. The highest BCUT2D eigenvalue weighted by molar-refractivity contribution is 9.10. The molecule has 1 atom stereocenters. The molecule has 6 heteroatoms. The Morgan fingerprint density at radius 2 is 1.89 bits per heavy atom. The number of imidazole rings is 1. The summed E-state index contributed by atoms with van der Waals surface area (Å²) in [6.45, 7) is 2.11. The monoisotopic (exact) mass is 438 g/mol. The summed E-state index contributed by atoms with van der Waals surface area (Å²) in [5.74, 6) is 0.377. The first-order chi connectivity index (χ1) is 13.6. The van der Waals surface area contributed by atoms with Crippen molar-refractivity contribution in [2.24, 2.45) is 0 Å². The van der Waals surface area contributed by atoms with Crippen LogP contribution in [-0.4, -0.2) is 28.2 Å². The minimum absolute atomic E-state index is 0.239. The van der Waals surface area contributed by atoms with Gasteiger partial charge >= 0.3 is 5.97 Å².